The average Bonchev–Trinajstić information content (AvgIpc) is 3.61. The van der Waals surface area contributed by atoms with Gasteiger partial charge in [0.25, 0.3) is 5.91 Å². The molecule has 2 aromatic carbocycles. The smallest absolute Gasteiger partial charge is 0.326 e. The van der Waals surface area contributed by atoms with Crippen LogP contribution in [0.5, 0.6) is 0 Å². The van der Waals surface area contributed by atoms with Crippen molar-refractivity contribution in [2.24, 2.45) is 5.92 Å². The monoisotopic (exact) mass is 514 g/mol. The fraction of sp³-hybridized carbons (Fsp3) is 0.379. The van der Waals surface area contributed by atoms with Crippen molar-refractivity contribution in [3.05, 3.63) is 70.9 Å². The largest absolute Gasteiger partial charge is 0.480 e. The quantitative estimate of drug-likeness (QED) is 0.483. The second-order valence-electron chi connectivity index (χ2n) is 10.7. The molecule has 6 rings (SSSR count). The van der Waals surface area contributed by atoms with Gasteiger partial charge in [-0.3, -0.25) is 14.4 Å². The van der Waals surface area contributed by atoms with E-state index in [1.54, 1.807) is 11.0 Å². The lowest BCUT2D eigenvalue weighted by Crippen LogP contribution is -2.59. The second kappa shape index (κ2) is 9.01. The fourth-order valence-electron chi connectivity index (χ4n) is 6.37. The number of H-pyrrole nitrogens is 1. The van der Waals surface area contributed by atoms with E-state index in [9.17, 15) is 24.3 Å². The summed E-state index contributed by atoms with van der Waals surface area (Å²) in [5.41, 5.74) is 4.26. The van der Waals surface area contributed by atoms with E-state index in [0.29, 0.717) is 31.4 Å². The predicted molar refractivity (Wildman–Crippen MR) is 139 cm³/mol. The van der Waals surface area contributed by atoms with Gasteiger partial charge in [-0.1, -0.05) is 50.2 Å². The maximum absolute atomic E-state index is 14.0. The number of hydrogen-bond acceptors (Lipinski definition) is 4. The molecule has 3 aromatic rings. The number of carbonyl (C=O) groups excluding carboxylic acids is 3. The van der Waals surface area contributed by atoms with E-state index in [4.69, 9.17) is 0 Å². The summed E-state index contributed by atoms with van der Waals surface area (Å²) in [5, 5.41) is 13.5. The Morgan fingerprint density at radius 3 is 2.55 bits per heavy atom. The molecule has 1 saturated heterocycles. The Labute approximate surface area is 219 Å². The minimum atomic E-state index is -1.04. The number of amides is 3. The van der Waals surface area contributed by atoms with E-state index in [1.807, 2.05) is 56.3 Å². The van der Waals surface area contributed by atoms with E-state index in [2.05, 4.69) is 10.3 Å². The Morgan fingerprint density at radius 1 is 1.05 bits per heavy atom. The normalized spacial score (nSPS) is 22.8. The standard InChI is InChI=1S/C29H30N4O5/c1-15(2)23(28(36)32-13-7-12-21(32)29(37)38)31-26(34)22-14-19-16-8-5-6-11-20(16)30-24(19)25-17-9-3-4-10-18(17)27(35)33(22)25/h3-6,8-11,15,21-23,25,30H,7,12-14H2,1-2H3,(H,31,34)(H,37,38)/t21-,22+,23+,25-/m1/s1. The molecule has 9 nitrogen and oxygen atoms in total. The Balaban J connectivity index is 1.37. The van der Waals surface area contributed by atoms with Crippen molar-refractivity contribution in [2.75, 3.05) is 6.54 Å². The maximum Gasteiger partial charge on any atom is 0.326 e. The molecule has 3 aliphatic rings. The van der Waals surface area contributed by atoms with Gasteiger partial charge in [-0.05, 0) is 42.0 Å². The molecule has 3 aliphatic heterocycles. The first kappa shape index (κ1) is 24.2. The Bertz CT molecular complexity index is 1480. The Kier molecular flexibility index (Phi) is 5.74. The third-order valence-corrected chi connectivity index (χ3v) is 8.21. The van der Waals surface area contributed by atoms with Crippen molar-refractivity contribution in [1.82, 2.24) is 20.1 Å². The number of aromatic amines is 1. The number of benzene rings is 2. The van der Waals surface area contributed by atoms with Crippen LogP contribution in [0.25, 0.3) is 10.9 Å². The van der Waals surface area contributed by atoms with Crippen molar-refractivity contribution in [2.45, 2.75) is 57.3 Å². The highest BCUT2D eigenvalue weighted by molar-refractivity contribution is 6.04. The average molecular weight is 515 g/mol. The lowest BCUT2D eigenvalue weighted by Gasteiger charge is -2.38. The number of rotatable bonds is 5. The van der Waals surface area contributed by atoms with Crippen LogP contribution < -0.4 is 5.32 Å². The number of fused-ring (bicyclic) bond motifs is 7. The number of likely N-dealkylation sites (tertiary alicyclic amines) is 1. The highest BCUT2D eigenvalue weighted by Gasteiger charge is 2.49. The molecule has 1 fully saturated rings. The summed E-state index contributed by atoms with van der Waals surface area (Å²) in [5.74, 6) is -2.32. The zero-order chi connectivity index (χ0) is 26.7. The molecule has 3 N–H and O–H groups in total. The van der Waals surface area contributed by atoms with Crippen LogP contribution in [0.1, 0.15) is 59.9 Å². The van der Waals surface area contributed by atoms with Crippen molar-refractivity contribution < 1.29 is 24.3 Å². The van der Waals surface area contributed by atoms with Gasteiger partial charge in [-0.25, -0.2) is 4.79 Å². The highest BCUT2D eigenvalue weighted by atomic mass is 16.4. The molecule has 9 heteroatoms. The predicted octanol–water partition coefficient (Wildman–Crippen LogP) is 2.85. The minimum absolute atomic E-state index is 0.215. The molecule has 0 aliphatic carbocycles. The zero-order valence-corrected chi connectivity index (χ0v) is 21.3. The van der Waals surface area contributed by atoms with Gasteiger partial charge in [0.2, 0.25) is 11.8 Å². The Morgan fingerprint density at radius 2 is 1.79 bits per heavy atom. The van der Waals surface area contributed by atoms with E-state index >= 15 is 0 Å². The van der Waals surface area contributed by atoms with Crippen LogP contribution in [0.3, 0.4) is 0 Å². The van der Waals surface area contributed by atoms with Gasteiger partial charge in [-0.2, -0.15) is 0 Å². The zero-order valence-electron chi connectivity index (χ0n) is 21.3. The van der Waals surface area contributed by atoms with Crippen LogP contribution in [0.15, 0.2) is 48.5 Å². The van der Waals surface area contributed by atoms with Crippen LogP contribution in [0, 0.1) is 5.92 Å². The maximum atomic E-state index is 14.0. The molecule has 0 radical (unpaired) electrons. The molecule has 0 bridgehead atoms. The summed E-state index contributed by atoms with van der Waals surface area (Å²) >= 11 is 0. The van der Waals surface area contributed by atoms with E-state index in [0.717, 1.165) is 27.7 Å². The summed E-state index contributed by atoms with van der Waals surface area (Å²) < 4.78 is 0. The first-order valence-corrected chi connectivity index (χ1v) is 13.1. The number of carboxylic acids is 1. The molecular formula is C29H30N4O5. The lowest BCUT2D eigenvalue weighted by molar-refractivity contribution is -0.150. The number of aromatic nitrogens is 1. The van der Waals surface area contributed by atoms with Gasteiger partial charge in [-0.15, -0.1) is 0 Å². The van der Waals surface area contributed by atoms with Crippen LogP contribution >= 0.6 is 0 Å². The number of hydrogen-bond donors (Lipinski definition) is 3. The third-order valence-electron chi connectivity index (χ3n) is 8.21. The van der Waals surface area contributed by atoms with Gasteiger partial charge in [0.1, 0.15) is 18.1 Å². The summed E-state index contributed by atoms with van der Waals surface area (Å²) in [6.45, 7) is 4.00. The number of aliphatic carboxylic acids is 1. The van der Waals surface area contributed by atoms with Gasteiger partial charge in [0, 0.05) is 35.1 Å². The fourth-order valence-corrected chi connectivity index (χ4v) is 6.37. The number of carbonyl (C=O) groups is 4. The van der Waals surface area contributed by atoms with Gasteiger partial charge in [0.05, 0.1) is 6.04 Å². The van der Waals surface area contributed by atoms with Crippen molar-refractivity contribution in [3.8, 4) is 0 Å². The summed E-state index contributed by atoms with van der Waals surface area (Å²) in [6.07, 6.45) is 1.31. The van der Waals surface area contributed by atoms with Crippen LogP contribution in [-0.4, -0.2) is 68.3 Å². The third kappa shape index (κ3) is 3.60. The minimum Gasteiger partial charge on any atom is -0.480 e. The molecule has 38 heavy (non-hydrogen) atoms. The van der Waals surface area contributed by atoms with Gasteiger partial charge in [0.15, 0.2) is 0 Å². The SMILES string of the molecule is CC(C)[C@H](NC(=O)[C@@H]1Cc2c([nH]c3ccccc23)[C@H]2c3ccccc3C(=O)N21)C(=O)N1CCC[C@@H]1C(=O)O. The molecule has 0 saturated carbocycles. The van der Waals surface area contributed by atoms with Crippen LogP contribution in [0.2, 0.25) is 0 Å². The number of carboxylic acid groups (broad SMARTS) is 1. The van der Waals surface area contributed by atoms with Gasteiger partial charge >= 0.3 is 5.97 Å². The summed E-state index contributed by atoms with van der Waals surface area (Å²) in [4.78, 5) is 59.3. The first-order valence-electron chi connectivity index (χ1n) is 13.1. The van der Waals surface area contributed by atoms with Crippen molar-refractivity contribution in [3.63, 3.8) is 0 Å². The van der Waals surface area contributed by atoms with Crippen LogP contribution in [0.4, 0.5) is 0 Å². The van der Waals surface area contributed by atoms with Crippen LogP contribution in [-0.2, 0) is 20.8 Å². The highest BCUT2D eigenvalue weighted by Crippen LogP contribution is 2.46. The second-order valence-corrected chi connectivity index (χ2v) is 10.7. The molecule has 4 atom stereocenters. The molecule has 196 valence electrons. The molecule has 0 unspecified atom stereocenters. The lowest BCUT2D eigenvalue weighted by atomic mass is 9.89. The molecule has 4 heterocycles. The van der Waals surface area contributed by atoms with Crippen molar-refractivity contribution >= 4 is 34.6 Å². The van der Waals surface area contributed by atoms with E-state index in [1.165, 1.54) is 4.90 Å². The molecule has 3 amide bonds. The van der Waals surface area contributed by atoms with E-state index < -0.39 is 42.0 Å². The summed E-state index contributed by atoms with van der Waals surface area (Å²) in [7, 11) is 0. The Hall–Kier alpha value is -4.14. The molecular weight excluding hydrogens is 484 g/mol. The van der Waals surface area contributed by atoms with Gasteiger partial charge < -0.3 is 25.2 Å². The molecule has 1 aromatic heterocycles. The molecule has 0 spiro atoms. The summed E-state index contributed by atoms with van der Waals surface area (Å²) in [6, 6.07) is 12.3. The van der Waals surface area contributed by atoms with E-state index in [-0.39, 0.29) is 11.8 Å². The number of para-hydroxylation sites is 1. The first-order chi connectivity index (χ1) is 18.3. The van der Waals surface area contributed by atoms with Crippen molar-refractivity contribution in [1.29, 1.82) is 0 Å². The topological polar surface area (TPSA) is 123 Å². The number of nitrogens with one attached hydrogen (secondary N) is 2. The number of nitrogens with zero attached hydrogens (tertiary/aromatic N) is 2.